The lowest BCUT2D eigenvalue weighted by molar-refractivity contribution is 0.0793. The van der Waals surface area contributed by atoms with Crippen LogP contribution in [-0.4, -0.2) is 21.6 Å². The number of ketones is 1. The van der Waals surface area contributed by atoms with Crippen LogP contribution in [0.25, 0.3) is 0 Å². The predicted octanol–water partition coefficient (Wildman–Crippen LogP) is 4.47. The van der Waals surface area contributed by atoms with Crippen molar-refractivity contribution in [3.63, 3.8) is 0 Å². The summed E-state index contributed by atoms with van der Waals surface area (Å²) >= 11 is 6.15. The monoisotopic (exact) mass is 382 g/mol. The number of nitrogens with zero attached hydrogens (tertiary/aromatic N) is 1. The summed E-state index contributed by atoms with van der Waals surface area (Å²) in [5.41, 5.74) is 0.815. The molecule has 136 valence electrons. The van der Waals surface area contributed by atoms with Crippen LogP contribution in [0.4, 0.5) is 4.39 Å². The van der Waals surface area contributed by atoms with Gasteiger partial charge < -0.3 is 10.5 Å². The fraction of sp³-hybridized carbons (Fsp3) is 0.0952. The number of carbonyl (C=O) groups excluding carboxylic acids is 1. The van der Waals surface area contributed by atoms with Crippen LogP contribution >= 0.6 is 11.6 Å². The Bertz CT molecular complexity index is 961. The number of aromatic nitrogens is 1. The maximum Gasteiger partial charge on any atom is 0.176 e. The highest BCUT2D eigenvalue weighted by molar-refractivity contribution is 6.35. The van der Waals surface area contributed by atoms with Crippen LogP contribution in [0.2, 0.25) is 5.02 Å². The lowest BCUT2D eigenvalue weighted by atomic mass is 9.83. The minimum absolute atomic E-state index is 0.128. The van der Waals surface area contributed by atoms with Crippen molar-refractivity contribution in [2.24, 2.45) is 5.92 Å². The van der Waals surface area contributed by atoms with Gasteiger partial charge in [-0.2, -0.15) is 0 Å². The van der Waals surface area contributed by atoms with Crippen LogP contribution < -0.4 is 0 Å². The Labute approximate surface area is 160 Å². The van der Waals surface area contributed by atoms with Crippen LogP contribution in [0, 0.1) is 17.1 Å². The van der Waals surface area contributed by atoms with E-state index in [1.54, 1.807) is 42.6 Å². The molecule has 0 saturated heterocycles. The van der Waals surface area contributed by atoms with Crippen LogP contribution in [-0.2, 0) is 0 Å². The Morgan fingerprint density at radius 3 is 2.41 bits per heavy atom. The third-order valence-electron chi connectivity index (χ3n) is 4.23. The number of Topliss-reactive ketones (excluding diaryl/α,β-unsaturated/α-hetero) is 1. The largest absolute Gasteiger partial charge is 0.387 e. The number of pyridine rings is 1. The van der Waals surface area contributed by atoms with Crippen molar-refractivity contribution in [1.82, 2.24) is 4.98 Å². The van der Waals surface area contributed by atoms with Crippen LogP contribution in [0.5, 0.6) is 0 Å². The molecular weight excluding hydrogens is 367 g/mol. The van der Waals surface area contributed by atoms with E-state index in [9.17, 15) is 14.3 Å². The van der Waals surface area contributed by atoms with E-state index in [1.807, 2.05) is 0 Å². The number of hydrogen-bond acceptors (Lipinski definition) is 4. The number of nitrogens with one attached hydrogen (secondary N) is 1. The Hall–Kier alpha value is -2.89. The second-order valence-corrected chi connectivity index (χ2v) is 6.38. The zero-order valence-corrected chi connectivity index (χ0v) is 14.9. The van der Waals surface area contributed by atoms with Gasteiger partial charge in [-0.1, -0.05) is 41.9 Å². The molecule has 0 aliphatic rings. The number of halogens is 2. The fourth-order valence-corrected chi connectivity index (χ4v) is 3.04. The molecule has 2 atom stereocenters. The van der Waals surface area contributed by atoms with Crippen molar-refractivity contribution < 1.29 is 14.3 Å². The maximum atomic E-state index is 13.2. The molecule has 27 heavy (non-hydrogen) atoms. The van der Waals surface area contributed by atoms with E-state index < -0.39 is 23.6 Å². The lowest BCUT2D eigenvalue weighted by Crippen LogP contribution is -2.31. The van der Waals surface area contributed by atoms with Gasteiger partial charge in [0.25, 0.3) is 0 Å². The molecule has 3 aromatic rings. The van der Waals surface area contributed by atoms with Crippen molar-refractivity contribution in [3.05, 3.63) is 101 Å². The molecule has 2 aromatic carbocycles. The Morgan fingerprint density at radius 2 is 1.78 bits per heavy atom. The van der Waals surface area contributed by atoms with Gasteiger partial charge in [0, 0.05) is 18.0 Å². The van der Waals surface area contributed by atoms with Gasteiger partial charge in [-0.25, -0.2) is 4.39 Å². The molecule has 3 rings (SSSR count). The van der Waals surface area contributed by atoms with Crippen LogP contribution in [0.15, 0.2) is 73.1 Å². The minimum atomic E-state index is -1.31. The van der Waals surface area contributed by atoms with Gasteiger partial charge in [-0.05, 0) is 41.5 Å². The van der Waals surface area contributed by atoms with E-state index in [1.165, 1.54) is 30.5 Å². The lowest BCUT2D eigenvalue weighted by Gasteiger charge is -2.23. The SMILES string of the molecule is N=C(c1ccc(F)cc1)C(C(=O)c1ccccc1Cl)C(O)c1cccnc1. The summed E-state index contributed by atoms with van der Waals surface area (Å²) in [5, 5.41) is 19.6. The van der Waals surface area contributed by atoms with Crippen molar-refractivity contribution in [3.8, 4) is 0 Å². The summed E-state index contributed by atoms with van der Waals surface area (Å²) in [4.78, 5) is 17.1. The second-order valence-electron chi connectivity index (χ2n) is 5.97. The molecule has 0 aliphatic carbocycles. The molecule has 0 fully saturated rings. The molecule has 0 radical (unpaired) electrons. The molecule has 1 aromatic heterocycles. The molecule has 2 unspecified atom stereocenters. The van der Waals surface area contributed by atoms with Crippen LogP contribution in [0.1, 0.15) is 27.6 Å². The zero-order valence-electron chi connectivity index (χ0n) is 14.1. The molecular formula is C21H16ClFN2O2. The van der Waals surface area contributed by atoms with Gasteiger partial charge in [0.15, 0.2) is 5.78 Å². The van der Waals surface area contributed by atoms with E-state index in [2.05, 4.69) is 4.98 Å². The standard InChI is InChI=1S/C21H16ClFN2O2/c22-17-6-2-1-5-16(17)21(27)18(20(26)14-4-3-11-25-12-14)19(24)13-7-9-15(23)10-8-13/h1-12,18,20,24,26H. The molecule has 0 spiro atoms. The van der Waals surface area contributed by atoms with Crippen molar-refractivity contribution in [1.29, 1.82) is 5.41 Å². The van der Waals surface area contributed by atoms with E-state index in [-0.39, 0.29) is 16.3 Å². The number of hydrogen-bond donors (Lipinski definition) is 2. The van der Waals surface area contributed by atoms with E-state index in [0.29, 0.717) is 11.1 Å². The number of rotatable bonds is 6. The highest BCUT2D eigenvalue weighted by atomic mass is 35.5. The molecule has 4 nitrogen and oxygen atoms in total. The summed E-state index contributed by atoms with van der Waals surface area (Å²) in [6, 6.07) is 15.0. The van der Waals surface area contributed by atoms with Gasteiger partial charge in [-0.3, -0.25) is 9.78 Å². The average molecular weight is 383 g/mol. The summed E-state index contributed by atoms with van der Waals surface area (Å²) in [7, 11) is 0. The Balaban J connectivity index is 2.06. The number of benzene rings is 2. The quantitative estimate of drug-likeness (QED) is 0.487. The summed E-state index contributed by atoms with van der Waals surface area (Å²) < 4.78 is 13.2. The summed E-state index contributed by atoms with van der Waals surface area (Å²) in [5.74, 6) is -2.17. The van der Waals surface area contributed by atoms with E-state index in [4.69, 9.17) is 17.0 Å². The molecule has 0 saturated carbocycles. The summed E-state index contributed by atoms with van der Waals surface area (Å²) in [6.45, 7) is 0. The van der Waals surface area contributed by atoms with Gasteiger partial charge >= 0.3 is 0 Å². The topological polar surface area (TPSA) is 74.0 Å². The number of aliphatic hydroxyl groups is 1. The maximum absolute atomic E-state index is 13.2. The molecule has 0 amide bonds. The van der Waals surface area contributed by atoms with Gasteiger partial charge in [0.1, 0.15) is 5.82 Å². The Morgan fingerprint density at radius 1 is 1.07 bits per heavy atom. The first-order valence-electron chi connectivity index (χ1n) is 8.20. The first kappa shape index (κ1) is 18.9. The zero-order chi connectivity index (χ0) is 19.4. The number of aliphatic hydroxyl groups excluding tert-OH is 1. The third kappa shape index (κ3) is 4.10. The highest BCUT2D eigenvalue weighted by Crippen LogP contribution is 2.30. The molecule has 0 bridgehead atoms. The van der Waals surface area contributed by atoms with Crippen molar-refractivity contribution in [2.45, 2.75) is 6.10 Å². The average Bonchev–Trinajstić information content (AvgIpc) is 2.69. The second kappa shape index (κ2) is 8.20. The van der Waals surface area contributed by atoms with E-state index in [0.717, 1.165) is 0 Å². The smallest absolute Gasteiger partial charge is 0.176 e. The van der Waals surface area contributed by atoms with Crippen LogP contribution in [0.3, 0.4) is 0 Å². The van der Waals surface area contributed by atoms with Crippen molar-refractivity contribution in [2.75, 3.05) is 0 Å². The third-order valence-corrected chi connectivity index (χ3v) is 4.56. The molecule has 0 aliphatic heterocycles. The summed E-state index contributed by atoms with van der Waals surface area (Å²) in [6.07, 6.45) is 1.68. The minimum Gasteiger partial charge on any atom is -0.387 e. The number of carbonyl (C=O) groups is 1. The molecule has 1 heterocycles. The fourth-order valence-electron chi connectivity index (χ4n) is 2.81. The Kier molecular flexibility index (Phi) is 5.74. The predicted molar refractivity (Wildman–Crippen MR) is 102 cm³/mol. The first-order chi connectivity index (χ1) is 13.0. The first-order valence-corrected chi connectivity index (χ1v) is 8.58. The van der Waals surface area contributed by atoms with E-state index >= 15 is 0 Å². The normalized spacial score (nSPS) is 13.0. The highest BCUT2D eigenvalue weighted by Gasteiger charge is 2.34. The van der Waals surface area contributed by atoms with Crippen molar-refractivity contribution >= 4 is 23.1 Å². The molecule has 6 heteroatoms. The van der Waals surface area contributed by atoms with Gasteiger partial charge in [-0.15, -0.1) is 0 Å². The van der Waals surface area contributed by atoms with Gasteiger partial charge in [0.2, 0.25) is 0 Å². The van der Waals surface area contributed by atoms with Gasteiger partial charge in [0.05, 0.1) is 22.8 Å². The molecule has 2 N–H and O–H groups in total.